The van der Waals surface area contributed by atoms with Gasteiger partial charge in [0.2, 0.25) is 0 Å². The predicted octanol–water partition coefficient (Wildman–Crippen LogP) is 3.08. The van der Waals surface area contributed by atoms with E-state index in [-0.39, 0.29) is 5.56 Å². The lowest BCUT2D eigenvalue weighted by Crippen LogP contribution is -2.00. The van der Waals surface area contributed by atoms with Crippen molar-refractivity contribution in [2.75, 3.05) is 7.11 Å². The zero-order valence-electron chi connectivity index (χ0n) is 10.4. The summed E-state index contributed by atoms with van der Waals surface area (Å²) in [6.07, 6.45) is 1.60. The minimum absolute atomic E-state index is 0.232. The summed E-state index contributed by atoms with van der Waals surface area (Å²) >= 11 is 1.40. The summed E-state index contributed by atoms with van der Waals surface area (Å²) in [6.45, 7) is 0. The maximum Gasteiger partial charge on any atom is 0.338 e. The van der Waals surface area contributed by atoms with Gasteiger partial charge in [0, 0.05) is 11.9 Å². The average molecular weight is 275 g/mol. The molecule has 1 aromatic carbocycles. The fraction of sp³-hybridized carbons (Fsp3) is 0.143. The summed E-state index contributed by atoms with van der Waals surface area (Å²) < 4.78 is 5.15. The molecule has 2 rings (SSSR count). The number of hydrogen-bond acceptors (Lipinski definition) is 4. The molecule has 0 spiro atoms. The molecule has 0 saturated carbocycles. The van der Waals surface area contributed by atoms with Gasteiger partial charge in [0.15, 0.2) is 0 Å². The summed E-state index contributed by atoms with van der Waals surface area (Å²) in [7, 11) is 1.62. The molecule has 0 aliphatic rings. The van der Waals surface area contributed by atoms with Gasteiger partial charge in [-0.05, 0) is 29.8 Å². The first-order chi connectivity index (χ1) is 9.20. The van der Waals surface area contributed by atoms with Gasteiger partial charge in [-0.15, -0.1) is 11.8 Å². The molecule has 0 radical (unpaired) electrons. The standard InChI is InChI=1S/C14H13NO3S/c1-18-11-5-2-4-10(8-11)9-19-13-12(14(16)17)6-3-7-15-13/h2-8H,9H2,1H3,(H,16,17). The Kier molecular flexibility index (Phi) is 4.41. The summed E-state index contributed by atoms with van der Waals surface area (Å²) in [5.74, 6) is 0.480. The first-order valence-corrected chi connectivity index (χ1v) is 6.63. The molecule has 1 heterocycles. The fourth-order valence-corrected chi connectivity index (χ4v) is 2.51. The lowest BCUT2D eigenvalue weighted by Gasteiger charge is -2.06. The molecule has 98 valence electrons. The van der Waals surface area contributed by atoms with Gasteiger partial charge in [-0.2, -0.15) is 0 Å². The summed E-state index contributed by atoms with van der Waals surface area (Å²) in [4.78, 5) is 15.2. The number of hydrogen-bond donors (Lipinski definition) is 1. The second-order valence-corrected chi connectivity index (χ2v) is 4.77. The zero-order valence-corrected chi connectivity index (χ0v) is 11.2. The van der Waals surface area contributed by atoms with E-state index in [1.54, 1.807) is 25.4 Å². The molecule has 0 aliphatic heterocycles. The highest BCUT2D eigenvalue weighted by Gasteiger charge is 2.11. The number of pyridine rings is 1. The molecule has 0 amide bonds. The Bertz CT molecular complexity index is 586. The molecule has 4 nitrogen and oxygen atoms in total. The molecule has 0 atom stereocenters. The van der Waals surface area contributed by atoms with Crippen LogP contribution < -0.4 is 4.74 Å². The predicted molar refractivity (Wildman–Crippen MR) is 73.8 cm³/mol. The topological polar surface area (TPSA) is 59.4 Å². The van der Waals surface area contributed by atoms with E-state index in [9.17, 15) is 4.79 Å². The number of methoxy groups -OCH3 is 1. The van der Waals surface area contributed by atoms with Crippen molar-refractivity contribution in [2.24, 2.45) is 0 Å². The van der Waals surface area contributed by atoms with E-state index in [4.69, 9.17) is 9.84 Å². The van der Waals surface area contributed by atoms with Crippen LogP contribution in [0.15, 0.2) is 47.6 Å². The van der Waals surface area contributed by atoms with Crippen LogP contribution in [0.1, 0.15) is 15.9 Å². The molecule has 5 heteroatoms. The highest BCUT2D eigenvalue weighted by Crippen LogP contribution is 2.25. The van der Waals surface area contributed by atoms with Crippen molar-refractivity contribution in [1.82, 2.24) is 4.98 Å². The second kappa shape index (κ2) is 6.24. The van der Waals surface area contributed by atoms with Crippen molar-refractivity contribution in [3.63, 3.8) is 0 Å². The molecule has 1 aromatic heterocycles. The van der Waals surface area contributed by atoms with E-state index in [0.29, 0.717) is 10.8 Å². The number of carbonyl (C=O) groups is 1. The number of thioether (sulfide) groups is 1. The smallest absolute Gasteiger partial charge is 0.338 e. The Morgan fingerprint density at radius 2 is 2.21 bits per heavy atom. The van der Waals surface area contributed by atoms with Crippen LogP contribution in [0.4, 0.5) is 0 Å². The van der Waals surface area contributed by atoms with E-state index >= 15 is 0 Å². The van der Waals surface area contributed by atoms with Crippen LogP contribution in [0.3, 0.4) is 0 Å². The zero-order chi connectivity index (χ0) is 13.7. The maximum atomic E-state index is 11.1. The Hall–Kier alpha value is -2.01. The minimum Gasteiger partial charge on any atom is -0.497 e. The molecule has 0 saturated heterocycles. The number of carboxylic acid groups (broad SMARTS) is 1. The van der Waals surface area contributed by atoms with Gasteiger partial charge in [0.25, 0.3) is 0 Å². The van der Waals surface area contributed by atoms with Crippen LogP contribution >= 0.6 is 11.8 Å². The number of benzene rings is 1. The highest BCUT2D eigenvalue weighted by atomic mass is 32.2. The number of nitrogens with zero attached hydrogens (tertiary/aromatic N) is 1. The molecule has 19 heavy (non-hydrogen) atoms. The Morgan fingerprint density at radius 1 is 1.37 bits per heavy atom. The van der Waals surface area contributed by atoms with Crippen molar-refractivity contribution < 1.29 is 14.6 Å². The first-order valence-electron chi connectivity index (χ1n) is 5.64. The molecule has 1 N–H and O–H groups in total. The molecule has 2 aromatic rings. The highest BCUT2D eigenvalue weighted by molar-refractivity contribution is 7.98. The van der Waals surface area contributed by atoms with Gasteiger partial charge in [-0.25, -0.2) is 9.78 Å². The SMILES string of the molecule is COc1cccc(CSc2ncccc2C(=O)O)c1. The monoisotopic (exact) mass is 275 g/mol. The van der Waals surface area contributed by atoms with E-state index in [0.717, 1.165) is 11.3 Å². The number of rotatable bonds is 5. The van der Waals surface area contributed by atoms with Crippen LogP contribution in [0.25, 0.3) is 0 Å². The summed E-state index contributed by atoms with van der Waals surface area (Å²) in [5.41, 5.74) is 1.29. The molecule has 0 bridgehead atoms. The third kappa shape index (κ3) is 3.48. The van der Waals surface area contributed by atoms with Crippen molar-refractivity contribution in [3.8, 4) is 5.75 Å². The van der Waals surface area contributed by atoms with Gasteiger partial charge >= 0.3 is 5.97 Å². The van der Waals surface area contributed by atoms with Crippen LogP contribution in [0.5, 0.6) is 5.75 Å². The normalized spacial score (nSPS) is 10.2. The van der Waals surface area contributed by atoms with E-state index in [2.05, 4.69) is 4.98 Å². The molecule has 0 unspecified atom stereocenters. The number of carboxylic acids is 1. The summed E-state index contributed by atoms with van der Waals surface area (Å²) in [6, 6.07) is 10.9. The third-order valence-electron chi connectivity index (χ3n) is 2.51. The van der Waals surface area contributed by atoms with E-state index in [1.165, 1.54) is 11.8 Å². The molecular formula is C14H13NO3S. The van der Waals surface area contributed by atoms with Gasteiger partial charge in [-0.1, -0.05) is 12.1 Å². The number of aromatic carboxylic acids is 1. The van der Waals surface area contributed by atoms with Crippen LogP contribution in [0, 0.1) is 0 Å². The Balaban J connectivity index is 2.12. The average Bonchev–Trinajstić information content (AvgIpc) is 2.45. The molecule has 0 aliphatic carbocycles. The van der Waals surface area contributed by atoms with Crippen molar-refractivity contribution in [1.29, 1.82) is 0 Å². The molecular weight excluding hydrogens is 262 g/mol. The van der Waals surface area contributed by atoms with Gasteiger partial charge in [0.1, 0.15) is 10.8 Å². The third-order valence-corrected chi connectivity index (χ3v) is 3.59. The van der Waals surface area contributed by atoms with E-state index in [1.807, 2.05) is 24.3 Å². The fourth-order valence-electron chi connectivity index (χ4n) is 1.58. The maximum absolute atomic E-state index is 11.1. The number of aromatic nitrogens is 1. The minimum atomic E-state index is -0.957. The van der Waals surface area contributed by atoms with Crippen molar-refractivity contribution in [3.05, 3.63) is 53.7 Å². The van der Waals surface area contributed by atoms with Crippen molar-refractivity contribution in [2.45, 2.75) is 10.8 Å². The van der Waals surface area contributed by atoms with Gasteiger partial charge in [-0.3, -0.25) is 0 Å². The lowest BCUT2D eigenvalue weighted by molar-refractivity contribution is 0.0692. The van der Waals surface area contributed by atoms with Gasteiger partial charge < -0.3 is 9.84 Å². The Labute approximate surface area is 115 Å². The van der Waals surface area contributed by atoms with Crippen LogP contribution in [-0.2, 0) is 5.75 Å². The van der Waals surface area contributed by atoms with Gasteiger partial charge in [0.05, 0.1) is 12.7 Å². The van der Waals surface area contributed by atoms with Crippen molar-refractivity contribution >= 4 is 17.7 Å². The lowest BCUT2D eigenvalue weighted by atomic mass is 10.2. The van der Waals surface area contributed by atoms with E-state index < -0.39 is 5.97 Å². The molecule has 0 fully saturated rings. The Morgan fingerprint density at radius 3 is 2.95 bits per heavy atom. The van der Waals surface area contributed by atoms with Crippen LogP contribution in [0.2, 0.25) is 0 Å². The van der Waals surface area contributed by atoms with Crippen LogP contribution in [-0.4, -0.2) is 23.2 Å². The summed E-state index contributed by atoms with van der Waals surface area (Å²) in [5, 5.41) is 9.60. The largest absolute Gasteiger partial charge is 0.497 e. The first kappa shape index (κ1) is 13.4. The number of ether oxygens (including phenoxy) is 1. The second-order valence-electron chi connectivity index (χ2n) is 3.80. The quantitative estimate of drug-likeness (QED) is 0.850.